The number of benzene rings is 4. The van der Waals surface area contributed by atoms with Crippen LogP contribution in [-0.4, -0.2) is 78.8 Å². The Morgan fingerprint density at radius 1 is 0.568 bits per heavy atom. The molecule has 8 aliphatic rings. The summed E-state index contributed by atoms with van der Waals surface area (Å²) in [5.41, 5.74) is 2.78. The first-order chi connectivity index (χ1) is 35.9. The van der Waals surface area contributed by atoms with Gasteiger partial charge in [0, 0.05) is 69.1 Å². The monoisotopic (exact) mass is 1030 g/mol. The molecule has 14 rings (SSSR count). The molecule has 2 aromatic heterocycles. The number of nitrogens with zero attached hydrogens (tertiary/aromatic N) is 6. The third-order valence-electron chi connectivity index (χ3n) is 15.9. The van der Waals surface area contributed by atoms with E-state index in [1.165, 1.54) is 24.3 Å². The van der Waals surface area contributed by atoms with Gasteiger partial charge in [-0.3, -0.25) is 38.5 Å². The highest BCUT2D eigenvalue weighted by Crippen LogP contribution is 2.51. The lowest BCUT2D eigenvalue weighted by Gasteiger charge is -2.54. The van der Waals surface area contributed by atoms with E-state index in [1.807, 2.05) is 82.9 Å². The van der Waals surface area contributed by atoms with Gasteiger partial charge in [-0.25, -0.2) is 8.78 Å². The molecule has 4 aromatic carbocycles. The molecule has 0 saturated heterocycles. The van der Waals surface area contributed by atoms with Crippen LogP contribution in [0.25, 0.3) is 0 Å². The number of fused-ring (bicyclic) bond motifs is 16. The van der Waals surface area contributed by atoms with Crippen LogP contribution in [0.4, 0.5) is 8.78 Å². The molecule has 6 aromatic rings. The van der Waals surface area contributed by atoms with Gasteiger partial charge in [0.05, 0.1) is 11.1 Å². The third kappa shape index (κ3) is 7.18. The predicted molar refractivity (Wildman–Crippen MR) is 274 cm³/mol. The largest absolute Gasteiger partial charge is 0.502 e. The van der Waals surface area contributed by atoms with Gasteiger partial charge >= 0.3 is 0 Å². The number of thioether (sulfide) groups is 2. The first kappa shape index (κ1) is 46.4. The van der Waals surface area contributed by atoms with E-state index < -0.39 is 45.5 Å². The fraction of sp³-hybridized carbons (Fsp3) is 0.286. The van der Waals surface area contributed by atoms with Crippen molar-refractivity contribution in [3.05, 3.63) is 198 Å². The second kappa shape index (κ2) is 17.6. The summed E-state index contributed by atoms with van der Waals surface area (Å²) < 4.78 is 45.3. The average molecular weight is 1040 g/mol. The SMILES string of the molecule is O=C1c2c(O)c(=O)ccn2N2CN1C1(/C=C/COc3cc(F)cc4c3[C@@H]2c2ccccc2SC4)CCC1.O=C1c2c(O)c(=O)ccn2N2CN1C1(/C=C/COc3cc(F)cc4c3[C@H]2c2ccccc2SC4)CCC1. The maximum absolute atomic E-state index is 14.8. The van der Waals surface area contributed by atoms with Crippen molar-refractivity contribution in [2.45, 2.75) is 83.0 Å². The van der Waals surface area contributed by atoms with Gasteiger partial charge in [-0.1, -0.05) is 48.6 Å². The molecule has 2 atom stereocenters. The number of pyridine rings is 2. The molecule has 8 heterocycles. The van der Waals surface area contributed by atoms with Gasteiger partial charge in [0.25, 0.3) is 11.8 Å². The van der Waals surface area contributed by atoms with Gasteiger partial charge in [-0.05, 0) is 97.2 Å². The Kier molecular flexibility index (Phi) is 11.0. The van der Waals surface area contributed by atoms with E-state index in [9.17, 15) is 38.2 Å². The van der Waals surface area contributed by atoms with Gasteiger partial charge in [0.2, 0.25) is 10.9 Å². The minimum absolute atomic E-state index is 0.0572. The zero-order valence-corrected chi connectivity index (χ0v) is 41.4. The van der Waals surface area contributed by atoms with Gasteiger partial charge in [0.15, 0.2) is 22.9 Å². The highest BCUT2D eigenvalue weighted by molar-refractivity contribution is 7.98. The van der Waals surface area contributed by atoms with Crippen molar-refractivity contribution in [3.8, 4) is 23.0 Å². The number of aromatic nitrogens is 2. The van der Waals surface area contributed by atoms with Gasteiger partial charge < -0.3 is 29.5 Å². The molecule has 2 fully saturated rings. The van der Waals surface area contributed by atoms with E-state index in [4.69, 9.17) is 9.47 Å². The van der Waals surface area contributed by atoms with Crippen molar-refractivity contribution in [2.75, 3.05) is 36.6 Å². The Morgan fingerprint density at radius 3 is 1.39 bits per heavy atom. The van der Waals surface area contributed by atoms with Crippen LogP contribution in [0.1, 0.15) is 105 Å². The number of rotatable bonds is 0. The summed E-state index contributed by atoms with van der Waals surface area (Å²) in [6, 6.07) is 23.6. The van der Waals surface area contributed by atoms with E-state index in [2.05, 4.69) is 0 Å². The summed E-state index contributed by atoms with van der Waals surface area (Å²) in [5, 5.41) is 25.7. The fourth-order valence-electron chi connectivity index (χ4n) is 12.0. The Bertz CT molecular complexity index is 3320. The number of ether oxygens (including phenoxy) is 2. The van der Waals surface area contributed by atoms with Crippen LogP contribution in [0.3, 0.4) is 0 Å². The Balaban J connectivity index is 0.000000143. The molecular weight excluding hydrogens is 987 g/mol. The molecule has 376 valence electrons. The highest BCUT2D eigenvalue weighted by Gasteiger charge is 2.51. The summed E-state index contributed by atoms with van der Waals surface area (Å²) in [4.78, 5) is 58.4. The average Bonchev–Trinajstić information content (AvgIpc) is 3.65. The second-order valence-corrected chi connectivity index (χ2v) is 21.9. The lowest BCUT2D eigenvalue weighted by atomic mass is 9.74. The normalized spacial score (nSPS) is 22.0. The minimum Gasteiger partial charge on any atom is -0.502 e. The van der Waals surface area contributed by atoms with Gasteiger partial charge in [-0.2, -0.15) is 0 Å². The van der Waals surface area contributed by atoms with Gasteiger partial charge in [-0.15, -0.1) is 23.5 Å². The summed E-state index contributed by atoms with van der Waals surface area (Å²) in [7, 11) is 0. The molecule has 2 N–H and O–H groups in total. The van der Waals surface area contributed by atoms with Crippen LogP contribution in [0.2, 0.25) is 0 Å². The molecule has 0 radical (unpaired) electrons. The summed E-state index contributed by atoms with van der Waals surface area (Å²) >= 11 is 3.25. The van der Waals surface area contributed by atoms with Crippen LogP contribution in [-0.2, 0) is 11.5 Å². The Hall–Kier alpha value is -7.44. The molecule has 14 nitrogen and oxygen atoms in total. The first-order valence-corrected chi connectivity index (χ1v) is 26.7. The molecule has 2 amide bonds. The molecule has 2 saturated carbocycles. The molecule has 2 spiro atoms. The zero-order valence-electron chi connectivity index (χ0n) is 39.8. The Morgan fingerprint density at radius 2 is 0.986 bits per heavy atom. The van der Waals surface area contributed by atoms with Crippen molar-refractivity contribution < 1.29 is 38.1 Å². The number of amides is 2. The smallest absolute Gasteiger partial charge is 0.278 e. The third-order valence-corrected chi connectivity index (χ3v) is 18.2. The summed E-state index contributed by atoms with van der Waals surface area (Å²) in [6.07, 6.45) is 15.8. The van der Waals surface area contributed by atoms with Crippen molar-refractivity contribution in [1.29, 1.82) is 0 Å². The van der Waals surface area contributed by atoms with Crippen LogP contribution in [0.15, 0.2) is 141 Å². The van der Waals surface area contributed by atoms with Crippen molar-refractivity contribution in [3.63, 3.8) is 0 Å². The number of carbonyl (C=O) groups is 2. The number of aromatic hydroxyl groups is 2. The van der Waals surface area contributed by atoms with Crippen LogP contribution in [0, 0.1) is 11.6 Å². The fourth-order valence-corrected chi connectivity index (χ4v) is 14.2. The van der Waals surface area contributed by atoms with E-state index in [-0.39, 0.29) is 61.4 Å². The highest BCUT2D eigenvalue weighted by atomic mass is 32.2. The molecule has 18 heteroatoms. The van der Waals surface area contributed by atoms with E-state index >= 15 is 0 Å². The number of hydrogen-bond donors (Lipinski definition) is 2. The van der Waals surface area contributed by atoms with Crippen LogP contribution in [0.5, 0.6) is 23.0 Å². The van der Waals surface area contributed by atoms with Gasteiger partial charge in [0.1, 0.15) is 61.8 Å². The first-order valence-electron chi connectivity index (χ1n) is 24.7. The Labute approximate surface area is 431 Å². The summed E-state index contributed by atoms with van der Waals surface area (Å²) in [5.74, 6) is -0.645. The molecule has 4 bridgehead atoms. The minimum atomic E-state index is -0.604. The molecule has 0 unspecified atom stereocenters. The van der Waals surface area contributed by atoms with E-state index in [0.29, 0.717) is 23.0 Å². The zero-order chi connectivity index (χ0) is 50.6. The predicted octanol–water partition coefficient (Wildman–Crippen LogP) is 8.62. The number of carbonyl (C=O) groups excluding carboxylic acids is 2. The maximum atomic E-state index is 14.8. The second-order valence-electron chi connectivity index (χ2n) is 19.8. The summed E-state index contributed by atoms with van der Waals surface area (Å²) in [6.45, 7) is 0.908. The molecule has 2 aliphatic carbocycles. The molecule has 6 aliphatic heterocycles. The van der Waals surface area contributed by atoms with E-state index in [0.717, 1.165) is 81.7 Å². The van der Waals surface area contributed by atoms with Crippen molar-refractivity contribution in [1.82, 2.24) is 19.2 Å². The van der Waals surface area contributed by atoms with E-state index in [1.54, 1.807) is 67.2 Å². The lowest BCUT2D eigenvalue weighted by molar-refractivity contribution is 0.0248. The lowest BCUT2D eigenvalue weighted by Crippen LogP contribution is -2.64. The van der Waals surface area contributed by atoms with Crippen molar-refractivity contribution in [2.24, 2.45) is 0 Å². The number of hydrogen-bond acceptors (Lipinski definition) is 12. The van der Waals surface area contributed by atoms with Crippen LogP contribution < -0.4 is 30.3 Å². The standard InChI is InChI=1S/2C28H24FN3O4S/c2*29-18-13-17-15-37-22-6-2-1-5-19(22)24-23(17)21(14-18)36-12-4-10-28(8-3-9-28)30-16-32(24)31-11-7-20(33)26(34)25(31)27(30)35/h2*1-2,4-7,10-11,13-14,24,34H,3,8-9,12,15-16H2/b2*10-4+/t2*24-/m10/s1. The quantitative estimate of drug-likeness (QED) is 0.140. The maximum Gasteiger partial charge on any atom is 0.278 e. The molecule has 74 heavy (non-hydrogen) atoms. The van der Waals surface area contributed by atoms with Crippen molar-refractivity contribution >= 4 is 35.3 Å². The number of halogens is 2. The molecular formula is C56H48F2N6O8S2. The topological polar surface area (TPSA) is 150 Å². The van der Waals surface area contributed by atoms with Crippen LogP contribution >= 0.6 is 23.5 Å².